The van der Waals surface area contributed by atoms with E-state index in [-0.39, 0.29) is 29.7 Å². The molecule has 0 spiro atoms. The zero-order valence-corrected chi connectivity index (χ0v) is 17.9. The number of hydrogen-bond donors (Lipinski definition) is 0. The van der Waals surface area contributed by atoms with E-state index >= 15 is 0 Å². The smallest absolute Gasteiger partial charge is 0.289 e. The fourth-order valence-electron chi connectivity index (χ4n) is 3.49. The van der Waals surface area contributed by atoms with Crippen molar-refractivity contribution in [1.29, 1.82) is 0 Å². The number of amides is 1. The molecule has 1 aliphatic heterocycles. The molecule has 11 heteroatoms. The van der Waals surface area contributed by atoms with Crippen molar-refractivity contribution in [1.82, 2.24) is 19.3 Å². The van der Waals surface area contributed by atoms with Gasteiger partial charge in [-0.1, -0.05) is 5.16 Å². The number of carbonyl (C=O) groups excluding carboxylic acids is 1. The fourth-order valence-corrected chi connectivity index (χ4v) is 6.40. The van der Waals surface area contributed by atoms with Crippen LogP contribution in [0.1, 0.15) is 40.1 Å². The molecule has 0 atom stereocenters. The normalized spacial score (nSPS) is 18.1. The van der Waals surface area contributed by atoms with Gasteiger partial charge in [0.1, 0.15) is 0 Å². The van der Waals surface area contributed by atoms with Crippen LogP contribution in [0, 0.1) is 6.92 Å². The van der Waals surface area contributed by atoms with Gasteiger partial charge in [0.05, 0.1) is 16.0 Å². The molecule has 9 nitrogen and oxygen atoms in total. The second-order valence-corrected chi connectivity index (χ2v) is 10.6. The first-order valence-corrected chi connectivity index (χ1v) is 12.0. The summed E-state index contributed by atoms with van der Waals surface area (Å²) in [5.41, 5.74) is 0. The Morgan fingerprint density at radius 3 is 2.67 bits per heavy atom. The van der Waals surface area contributed by atoms with Gasteiger partial charge >= 0.3 is 0 Å². The van der Waals surface area contributed by atoms with Gasteiger partial charge in [-0.2, -0.15) is 9.29 Å². The number of nitrogens with zero attached hydrogens (tertiary/aromatic N) is 4. The molecule has 2 fully saturated rings. The van der Waals surface area contributed by atoms with Crippen LogP contribution in [0.4, 0.5) is 0 Å². The van der Waals surface area contributed by atoms with E-state index in [1.54, 1.807) is 30.0 Å². The van der Waals surface area contributed by atoms with Crippen LogP contribution in [0.15, 0.2) is 38.3 Å². The second kappa shape index (κ2) is 7.33. The van der Waals surface area contributed by atoms with Crippen molar-refractivity contribution in [3.8, 4) is 10.7 Å². The molecule has 158 valence electrons. The Morgan fingerprint density at radius 2 is 2.00 bits per heavy atom. The predicted molar refractivity (Wildman–Crippen MR) is 108 cm³/mol. The lowest BCUT2D eigenvalue weighted by atomic mass is 10.3. The Balaban J connectivity index is 1.31. The van der Waals surface area contributed by atoms with Crippen LogP contribution in [0.25, 0.3) is 10.7 Å². The first kappa shape index (κ1) is 19.5. The van der Waals surface area contributed by atoms with Gasteiger partial charge in [-0.05, 0) is 38.0 Å². The summed E-state index contributed by atoms with van der Waals surface area (Å²) < 4.78 is 38.3. The number of furan rings is 1. The van der Waals surface area contributed by atoms with Gasteiger partial charge in [-0.3, -0.25) is 4.79 Å². The van der Waals surface area contributed by atoms with Gasteiger partial charge in [0.15, 0.2) is 5.76 Å². The molecule has 1 saturated carbocycles. The molecule has 3 aromatic heterocycles. The van der Waals surface area contributed by atoms with Crippen molar-refractivity contribution in [3.63, 3.8) is 0 Å². The quantitative estimate of drug-likeness (QED) is 0.590. The van der Waals surface area contributed by atoms with E-state index in [4.69, 9.17) is 8.94 Å². The Kier molecular flexibility index (Phi) is 4.75. The molecular weight excluding hydrogens is 428 g/mol. The maximum atomic E-state index is 13.2. The highest BCUT2D eigenvalue weighted by Crippen LogP contribution is 2.40. The highest BCUT2D eigenvalue weighted by molar-refractivity contribution is 7.89. The zero-order valence-electron chi connectivity index (χ0n) is 16.3. The maximum Gasteiger partial charge on any atom is 0.289 e. The number of carbonyl (C=O) groups is 1. The SMILES string of the molecule is Cc1sc(-c2noc(C3CC3)n2)cc1S(=O)(=O)N1CCN(C(=O)c2ccco2)CC1. The molecule has 0 N–H and O–H groups in total. The molecule has 0 bridgehead atoms. The largest absolute Gasteiger partial charge is 0.459 e. The summed E-state index contributed by atoms with van der Waals surface area (Å²) in [4.78, 5) is 20.0. The third-order valence-corrected chi connectivity index (χ3v) is 8.54. The van der Waals surface area contributed by atoms with Crippen LogP contribution in [-0.2, 0) is 10.0 Å². The first-order chi connectivity index (χ1) is 14.4. The summed E-state index contributed by atoms with van der Waals surface area (Å²) in [6.45, 7) is 2.86. The number of aromatic nitrogens is 2. The average molecular weight is 449 g/mol. The van der Waals surface area contributed by atoms with Crippen LogP contribution >= 0.6 is 11.3 Å². The van der Waals surface area contributed by atoms with Crippen molar-refractivity contribution in [2.75, 3.05) is 26.2 Å². The van der Waals surface area contributed by atoms with Crippen molar-refractivity contribution in [2.24, 2.45) is 0 Å². The minimum Gasteiger partial charge on any atom is -0.459 e. The topological polar surface area (TPSA) is 110 Å². The first-order valence-electron chi connectivity index (χ1n) is 9.71. The summed E-state index contributed by atoms with van der Waals surface area (Å²) in [5, 5.41) is 4.01. The molecular formula is C19H20N4O5S2. The molecule has 4 heterocycles. The van der Waals surface area contributed by atoms with E-state index in [1.165, 1.54) is 21.9 Å². The third kappa shape index (κ3) is 3.46. The van der Waals surface area contributed by atoms with Crippen molar-refractivity contribution < 1.29 is 22.2 Å². The number of aryl methyl sites for hydroxylation is 1. The number of rotatable bonds is 5. The van der Waals surface area contributed by atoms with E-state index in [0.29, 0.717) is 40.5 Å². The summed E-state index contributed by atoms with van der Waals surface area (Å²) in [6.07, 6.45) is 3.56. The maximum absolute atomic E-state index is 13.2. The number of sulfonamides is 1. The van der Waals surface area contributed by atoms with Crippen molar-refractivity contribution in [2.45, 2.75) is 30.6 Å². The summed E-state index contributed by atoms with van der Waals surface area (Å²) >= 11 is 1.34. The lowest BCUT2D eigenvalue weighted by Gasteiger charge is -2.33. The average Bonchev–Trinajstić information content (AvgIpc) is 3.15. The highest BCUT2D eigenvalue weighted by Gasteiger charge is 2.34. The second-order valence-electron chi connectivity index (χ2n) is 7.44. The van der Waals surface area contributed by atoms with E-state index in [2.05, 4.69) is 10.1 Å². The van der Waals surface area contributed by atoms with Crippen LogP contribution in [-0.4, -0.2) is 59.8 Å². The minimum atomic E-state index is -3.68. The van der Waals surface area contributed by atoms with Crippen molar-refractivity contribution >= 4 is 27.3 Å². The van der Waals surface area contributed by atoms with Gasteiger partial charge in [0.25, 0.3) is 5.91 Å². The molecule has 2 aliphatic rings. The lowest BCUT2D eigenvalue weighted by molar-refractivity contribution is 0.0666. The summed E-state index contributed by atoms with van der Waals surface area (Å²) in [6, 6.07) is 4.88. The number of hydrogen-bond acceptors (Lipinski definition) is 8. The minimum absolute atomic E-state index is 0.227. The monoisotopic (exact) mass is 448 g/mol. The Morgan fingerprint density at radius 1 is 1.23 bits per heavy atom. The molecule has 0 radical (unpaired) electrons. The molecule has 5 rings (SSSR count). The van der Waals surface area contributed by atoms with Crippen LogP contribution < -0.4 is 0 Å². The van der Waals surface area contributed by atoms with Crippen LogP contribution in [0.5, 0.6) is 0 Å². The molecule has 3 aromatic rings. The summed E-state index contributed by atoms with van der Waals surface area (Å²) in [7, 11) is -3.68. The zero-order chi connectivity index (χ0) is 20.9. The van der Waals surface area contributed by atoms with E-state index in [1.807, 2.05) is 0 Å². The molecule has 0 aromatic carbocycles. The fraction of sp³-hybridized carbons (Fsp3) is 0.421. The Hall–Kier alpha value is -2.50. The number of thiophene rings is 1. The Bertz CT molecular complexity index is 1170. The van der Waals surface area contributed by atoms with Gasteiger partial charge in [-0.25, -0.2) is 8.42 Å². The third-order valence-electron chi connectivity index (χ3n) is 5.34. The Labute approximate surface area is 177 Å². The molecule has 0 unspecified atom stereocenters. The highest BCUT2D eigenvalue weighted by atomic mass is 32.2. The molecule has 1 aliphatic carbocycles. The van der Waals surface area contributed by atoms with E-state index in [0.717, 1.165) is 12.8 Å². The van der Waals surface area contributed by atoms with Crippen LogP contribution in [0.3, 0.4) is 0 Å². The predicted octanol–water partition coefficient (Wildman–Crippen LogP) is 2.72. The number of piperazine rings is 1. The van der Waals surface area contributed by atoms with E-state index < -0.39 is 10.0 Å². The molecule has 1 amide bonds. The molecule has 1 saturated heterocycles. The van der Waals surface area contributed by atoms with Gasteiger partial charge < -0.3 is 13.8 Å². The standard InChI is InChI=1S/C19H20N4O5S2/c1-12-16(11-15(29-12)17-20-18(28-21-17)13-4-5-13)30(25,26)23-8-6-22(7-9-23)19(24)14-3-2-10-27-14/h2-3,10-11,13H,4-9H2,1H3. The van der Waals surface area contributed by atoms with Crippen molar-refractivity contribution in [3.05, 3.63) is 41.0 Å². The molecule has 30 heavy (non-hydrogen) atoms. The van der Waals surface area contributed by atoms with Gasteiger partial charge in [0, 0.05) is 37.0 Å². The van der Waals surface area contributed by atoms with E-state index in [9.17, 15) is 13.2 Å². The van der Waals surface area contributed by atoms with Crippen LogP contribution in [0.2, 0.25) is 0 Å². The lowest BCUT2D eigenvalue weighted by Crippen LogP contribution is -2.50. The van der Waals surface area contributed by atoms with Gasteiger partial charge in [-0.15, -0.1) is 11.3 Å². The van der Waals surface area contributed by atoms with Gasteiger partial charge in [0.2, 0.25) is 21.7 Å². The summed E-state index contributed by atoms with van der Waals surface area (Å²) in [5.74, 6) is 1.43.